The number of aromatic nitrogens is 4. The molecule has 0 radical (unpaired) electrons. The van der Waals surface area contributed by atoms with Crippen LogP contribution in [0.5, 0.6) is 5.75 Å². The van der Waals surface area contributed by atoms with Crippen LogP contribution >= 0.6 is 0 Å². The second kappa shape index (κ2) is 8.03. The summed E-state index contributed by atoms with van der Waals surface area (Å²) in [6.45, 7) is 0. The molecule has 0 amide bonds. The van der Waals surface area contributed by atoms with Crippen LogP contribution in [0.2, 0.25) is 0 Å². The Morgan fingerprint density at radius 3 is 2.48 bits per heavy atom. The Labute approximate surface area is 169 Å². The van der Waals surface area contributed by atoms with Crippen molar-refractivity contribution in [2.75, 3.05) is 11.9 Å². The quantitative estimate of drug-likeness (QED) is 0.734. The number of aryl methyl sites for hydroxylation is 1. The number of aromatic hydroxyl groups is 1. The highest BCUT2D eigenvalue weighted by atomic mass is 16.3. The summed E-state index contributed by atoms with van der Waals surface area (Å²) < 4.78 is 1.26. The van der Waals surface area contributed by atoms with Crippen molar-refractivity contribution in [3.8, 4) is 28.1 Å². The van der Waals surface area contributed by atoms with E-state index in [1.807, 2.05) is 18.2 Å². The van der Waals surface area contributed by atoms with E-state index in [0.717, 1.165) is 11.4 Å². The molecule has 4 rings (SSSR count). The van der Waals surface area contributed by atoms with E-state index in [2.05, 4.69) is 27.2 Å². The first kappa shape index (κ1) is 19.1. The predicted octanol–water partition coefficient (Wildman–Crippen LogP) is 3.38. The fourth-order valence-electron chi connectivity index (χ4n) is 3.87. The summed E-state index contributed by atoms with van der Waals surface area (Å²) in [7, 11) is 3.67. The molecule has 2 aromatic heterocycles. The van der Waals surface area contributed by atoms with Gasteiger partial charge in [-0.1, -0.05) is 25.3 Å². The number of phenolic OH excluding ortho intramolecular Hbond substituents is 1. The van der Waals surface area contributed by atoms with E-state index in [1.54, 1.807) is 25.4 Å². The fourth-order valence-corrected chi connectivity index (χ4v) is 3.87. The van der Waals surface area contributed by atoms with Crippen molar-refractivity contribution in [2.24, 2.45) is 7.05 Å². The second-order valence-corrected chi connectivity index (χ2v) is 7.62. The smallest absolute Gasteiger partial charge is 0.267 e. The van der Waals surface area contributed by atoms with Gasteiger partial charge in [0.15, 0.2) is 5.82 Å². The number of hydrogen-bond donors (Lipinski definition) is 1. The van der Waals surface area contributed by atoms with Gasteiger partial charge in [-0.3, -0.25) is 4.79 Å². The largest absolute Gasteiger partial charge is 0.507 e. The van der Waals surface area contributed by atoms with Crippen molar-refractivity contribution in [1.82, 2.24) is 20.0 Å². The summed E-state index contributed by atoms with van der Waals surface area (Å²) in [5, 5.41) is 23.3. The molecule has 3 aromatic rings. The number of anilines is 1. The van der Waals surface area contributed by atoms with Crippen molar-refractivity contribution in [3.05, 3.63) is 52.9 Å². The van der Waals surface area contributed by atoms with Crippen molar-refractivity contribution in [3.63, 3.8) is 0 Å². The maximum atomic E-state index is 11.8. The van der Waals surface area contributed by atoms with Gasteiger partial charge in [0.1, 0.15) is 5.75 Å². The molecule has 1 aliphatic rings. The van der Waals surface area contributed by atoms with E-state index < -0.39 is 0 Å². The third kappa shape index (κ3) is 3.99. The average molecular weight is 391 g/mol. The monoisotopic (exact) mass is 391 g/mol. The van der Waals surface area contributed by atoms with E-state index in [0.29, 0.717) is 22.9 Å². The van der Waals surface area contributed by atoms with Gasteiger partial charge in [0.2, 0.25) is 0 Å². The highest BCUT2D eigenvalue weighted by molar-refractivity contribution is 5.74. The maximum absolute atomic E-state index is 11.8. The molecule has 29 heavy (non-hydrogen) atoms. The van der Waals surface area contributed by atoms with Crippen LogP contribution in [0.1, 0.15) is 32.1 Å². The molecule has 0 atom stereocenters. The van der Waals surface area contributed by atoms with Crippen LogP contribution in [0.3, 0.4) is 0 Å². The zero-order chi connectivity index (χ0) is 20.4. The lowest BCUT2D eigenvalue weighted by Gasteiger charge is -2.31. The van der Waals surface area contributed by atoms with Gasteiger partial charge >= 0.3 is 0 Å². The van der Waals surface area contributed by atoms with Crippen LogP contribution in [-0.4, -0.2) is 38.2 Å². The van der Waals surface area contributed by atoms with Gasteiger partial charge in [0.25, 0.3) is 5.56 Å². The van der Waals surface area contributed by atoms with Crippen LogP contribution < -0.4 is 10.5 Å². The van der Waals surface area contributed by atoms with Crippen LogP contribution in [0.25, 0.3) is 22.4 Å². The molecule has 1 N–H and O–H groups in total. The standard InChI is InChI=1S/C22H25N5O2/c1-26(17-6-4-3-5-7-17)21-11-10-19(24-25-21)18-9-8-15(12-20(18)28)16-13-22(29)27(2)23-14-16/h8-14,17,28H,3-7H2,1-2H3. The first-order valence-corrected chi connectivity index (χ1v) is 9.96. The molecule has 0 saturated heterocycles. The highest BCUT2D eigenvalue weighted by Gasteiger charge is 2.19. The van der Waals surface area contributed by atoms with Gasteiger partial charge in [-0.25, -0.2) is 4.68 Å². The molecular weight excluding hydrogens is 366 g/mol. The summed E-state index contributed by atoms with van der Waals surface area (Å²) in [6.07, 6.45) is 7.84. The highest BCUT2D eigenvalue weighted by Crippen LogP contribution is 2.32. The zero-order valence-corrected chi connectivity index (χ0v) is 16.7. The summed E-state index contributed by atoms with van der Waals surface area (Å²) in [5.41, 5.74) is 2.39. The molecule has 0 spiro atoms. The van der Waals surface area contributed by atoms with Gasteiger partial charge in [-0.2, -0.15) is 5.10 Å². The minimum Gasteiger partial charge on any atom is -0.507 e. The molecule has 0 unspecified atom stereocenters. The van der Waals surface area contributed by atoms with Gasteiger partial charge in [-0.15, -0.1) is 10.2 Å². The van der Waals surface area contributed by atoms with Crippen molar-refractivity contribution >= 4 is 5.82 Å². The van der Waals surface area contributed by atoms with Crippen molar-refractivity contribution < 1.29 is 5.11 Å². The molecule has 2 heterocycles. The average Bonchev–Trinajstić information content (AvgIpc) is 2.76. The molecule has 1 aromatic carbocycles. The third-order valence-electron chi connectivity index (χ3n) is 5.71. The first-order chi connectivity index (χ1) is 14.0. The summed E-state index contributed by atoms with van der Waals surface area (Å²) in [6, 6.07) is 11.1. The Morgan fingerprint density at radius 2 is 1.83 bits per heavy atom. The Balaban J connectivity index is 1.56. The van der Waals surface area contributed by atoms with E-state index >= 15 is 0 Å². The van der Waals surface area contributed by atoms with Crippen LogP contribution in [-0.2, 0) is 7.05 Å². The normalized spacial score (nSPS) is 14.7. The lowest BCUT2D eigenvalue weighted by atomic mass is 9.94. The van der Waals surface area contributed by atoms with Gasteiger partial charge < -0.3 is 10.0 Å². The maximum Gasteiger partial charge on any atom is 0.267 e. The van der Waals surface area contributed by atoms with Crippen LogP contribution in [0.15, 0.2) is 47.4 Å². The van der Waals surface area contributed by atoms with Crippen LogP contribution in [0, 0.1) is 0 Å². The Morgan fingerprint density at radius 1 is 1.03 bits per heavy atom. The molecular formula is C22H25N5O2. The number of rotatable bonds is 4. The summed E-state index contributed by atoms with van der Waals surface area (Å²) >= 11 is 0. The van der Waals surface area contributed by atoms with E-state index in [4.69, 9.17) is 0 Å². The predicted molar refractivity (Wildman–Crippen MR) is 113 cm³/mol. The topological polar surface area (TPSA) is 84.1 Å². The fraction of sp³-hybridized carbons (Fsp3) is 0.364. The molecule has 150 valence electrons. The lowest BCUT2D eigenvalue weighted by molar-refractivity contribution is 0.425. The van der Waals surface area contributed by atoms with Gasteiger partial charge in [0, 0.05) is 37.3 Å². The molecule has 7 heteroatoms. The lowest BCUT2D eigenvalue weighted by Crippen LogP contribution is -2.34. The van der Waals surface area contributed by atoms with E-state index in [-0.39, 0.29) is 11.3 Å². The van der Waals surface area contributed by atoms with E-state index in [9.17, 15) is 9.90 Å². The molecule has 0 bridgehead atoms. The minimum absolute atomic E-state index is 0.0888. The van der Waals surface area contributed by atoms with Gasteiger partial charge in [-0.05, 0) is 42.7 Å². The third-order valence-corrected chi connectivity index (χ3v) is 5.71. The van der Waals surface area contributed by atoms with Crippen LogP contribution in [0.4, 0.5) is 5.82 Å². The Hall–Kier alpha value is -3.22. The first-order valence-electron chi connectivity index (χ1n) is 9.96. The van der Waals surface area contributed by atoms with E-state index in [1.165, 1.54) is 42.9 Å². The Kier molecular flexibility index (Phi) is 5.29. The molecule has 1 saturated carbocycles. The summed E-state index contributed by atoms with van der Waals surface area (Å²) in [4.78, 5) is 14.0. The molecule has 1 aliphatic carbocycles. The molecule has 0 aliphatic heterocycles. The number of benzene rings is 1. The molecule has 7 nitrogen and oxygen atoms in total. The zero-order valence-electron chi connectivity index (χ0n) is 16.7. The summed E-state index contributed by atoms with van der Waals surface area (Å²) in [5.74, 6) is 0.939. The SMILES string of the molecule is CN(c1ccc(-c2ccc(-c3cnn(C)c(=O)c3)cc2O)nn1)C1CCCCC1. The number of phenols is 1. The Bertz CT molecular complexity index is 1060. The van der Waals surface area contributed by atoms with Crippen molar-refractivity contribution in [2.45, 2.75) is 38.1 Å². The number of hydrogen-bond acceptors (Lipinski definition) is 6. The molecule has 1 fully saturated rings. The minimum atomic E-state index is -0.199. The van der Waals surface area contributed by atoms with Crippen molar-refractivity contribution in [1.29, 1.82) is 0 Å². The second-order valence-electron chi connectivity index (χ2n) is 7.62. The number of nitrogens with zero attached hydrogens (tertiary/aromatic N) is 5. The van der Waals surface area contributed by atoms with Gasteiger partial charge in [0.05, 0.1) is 11.9 Å².